The van der Waals surface area contributed by atoms with Crippen LogP contribution >= 0.6 is 0 Å². The maximum Gasteiger partial charge on any atom is 0.232 e. The van der Waals surface area contributed by atoms with Crippen LogP contribution in [0.3, 0.4) is 0 Å². The van der Waals surface area contributed by atoms with Gasteiger partial charge in [0, 0.05) is 43.2 Å². The summed E-state index contributed by atoms with van der Waals surface area (Å²) in [5, 5.41) is 0. The van der Waals surface area contributed by atoms with Gasteiger partial charge in [-0.15, -0.1) is 0 Å². The van der Waals surface area contributed by atoms with E-state index < -0.39 is 0 Å². The molecular weight excluding hydrogens is 278 g/mol. The Labute approximate surface area is 130 Å². The van der Waals surface area contributed by atoms with Crippen LogP contribution in [-0.2, 0) is 0 Å². The van der Waals surface area contributed by atoms with Crippen LogP contribution < -0.4 is 9.64 Å². The van der Waals surface area contributed by atoms with Gasteiger partial charge in [0.05, 0.1) is 12.8 Å². The minimum absolute atomic E-state index is 0.478. The Morgan fingerprint density at radius 1 is 1.27 bits per heavy atom. The van der Waals surface area contributed by atoms with Crippen molar-refractivity contribution >= 4 is 5.82 Å². The van der Waals surface area contributed by atoms with Crippen molar-refractivity contribution in [1.82, 2.24) is 19.9 Å². The molecular formula is C16H21N5O. The molecule has 1 fully saturated rings. The third-order valence-corrected chi connectivity index (χ3v) is 3.80. The van der Waals surface area contributed by atoms with Crippen molar-refractivity contribution in [2.45, 2.75) is 26.7 Å². The van der Waals surface area contributed by atoms with E-state index in [1.807, 2.05) is 13.8 Å². The number of ether oxygens (including phenoxy) is 1. The summed E-state index contributed by atoms with van der Waals surface area (Å²) in [6.45, 7) is 6.61. The highest BCUT2D eigenvalue weighted by molar-refractivity contribution is 5.40. The minimum atomic E-state index is 0.478. The van der Waals surface area contributed by atoms with Crippen molar-refractivity contribution < 1.29 is 4.74 Å². The SMILES string of the molecule is Cc1cc(N2CCCC(COc3cnccn3)C2)nc(C)n1. The van der Waals surface area contributed by atoms with Gasteiger partial charge in [0.1, 0.15) is 11.6 Å². The number of aromatic nitrogens is 4. The van der Waals surface area contributed by atoms with Crippen LogP contribution in [0.25, 0.3) is 0 Å². The average molecular weight is 299 g/mol. The van der Waals surface area contributed by atoms with Crippen molar-refractivity contribution in [3.63, 3.8) is 0 Å². The number of hydrogen-bond acceptors (Lipinski definition) is 6. The summed E-state index contributed by atoms with van der Waals surface area (Å²) >= 11 is 0. The zero-order valence-electron chi connectivity index (χ0n) is 13.1. The molecule has 1 aliphatic rings. The highest BCUT2D eigenvalue weighted by Gasteiger charge is 2.22. The van der Waals surface area contributed by atoms with E-state index in [2.05, 4.69) is 30.9 Å². The molecule has 0 aliphatic carbocycles. The molecule has 3 heterocycles. The lowest BCUT2D eigenvalue weighted by molar-refractivity contribution is 0.221. The van der Waals surface area contributed by atoms with Crippen molar-refractivity contribution in [3.05, 3.63) is 36.2 Å². The maximum atomic E-state index is 5.74. The predicted octanol–water partition coefficient (Wildman–Crippen LogP) is 2.18. The number of nitrogens with zero attached hydrogens (tertiary/aromatic N) is 5. The number of aryl methyl sites for hydroxylation is 2. The fourth-order valence-electron chi connectivity index (χ4n) is 2.83. The van der Waals surface area contributed by atoms with Crippen LogP contribution in [0, 0.1) is 19.8 Å². The van der Waals surface area contributed by atoms with Crippen LogP contribution in [0.5, 0.6) is 5.88 Å². The van der Waals surface area contributed by atoms with Gasteiger partial charge in [-0.2, -0.15) is 0 Å². The molecule has 116 valence electrons. The summed E-state index contributed by atoms with van der Waals surface area (Å²) in [6.07, 6.45) is 7.26. The molecule has 1 unspecified atom stereocenters. The smallest absolute Gasteiger partial charge is 0.232 e. The van der Waals surface area contributed by atoms with Crippen LogP contribution in [0.2, 0.25) is 0 Å². The van der Waals surface area contributed by atoms with Gasteiger partial charge >= 0.3 is 0 Å². The van der Waals surface area contributed by atoms with Gasteiger partial charge in [-0.1, -0.05) is 0 Å². The normalized spacial score (nSPS) is 18.3. The molecule has 1 atom stereocenters. The molecule has 0 amide bonds. The Morgan fingerprint density at radius 2 is 2.18 bits per heavy atom. The second-order valence-electron chi connectivity index (χ2n) is 5.72. The maximum absolute atomic E-state index is 5.74. The Hall–Kier alpha value is -2.24. The molecule has 0 saturated carbocycles. The van der Waals surface area contributed by atoms with E-state index in [0.717, 1.165) is 36.8 Å². The Balaban J connectivity index is 1.61. The molecule has 0 radical (unpaired) electrons. The van der Waals surface area contributed by atoms with Gasteiger partial charge < -0.3 is 9.64 Å². The van der Waals surface area contributed by atoms with E-state index >= 15 is 0 Å². The van der Waals surface area contributed by atoms with E-state index in [-0.39, 0.29) is 0 Å². The summed E-state index contributed by atoms with van der Waals surface area (Å²) in [4.78, 5) is 19.4. The molecule has 6 nitrogen and oxygen atoms in total. The third-order valence-electron chi connectivity index (χ3n) is 3.80. The van der Waals surface area contributed by atoms with E-state index in [1.54, 1.807) is 18.6 Å². The Morgan fingerprint density at radius 3 is 2.95 bits per heavy atom. The standard InChI is InChI=1S/C16H21N5O/c1-12-8-15(20-13(2)19-12)21-7-3-4-14(10-21)11-22-16-9-17-5-6-18-16/h5-6,8-9,14H,3-4,7,10-11H2,1-2H3. The summed E-state index contributed by atoms with van der Waals surface area (Å²) in [5.41, 5.74) is 1.01. The lowest BCUT2D eigenvalue weighted by atomic mass is 9.99. The molecule has 6 heteroatoms. The average Bonchev–Trinajstić information content (AvgIpc) is 2.53. The van der Waals surface area contributed by atoms with Crippen LogP contribution in [0.1, 0.15) is 24.4 Å². The molecule has 0 aromatic carbocycles. The molecule has 1 aliphatic heterocycles. The Bertz CT molecular complexity index is 599. The van der Waals surface area contributed by atoms with Gasteiger partial charge in [0.15, 0.2) is 0 Å². The lowest BCUT2D eigenvalue weighted by Gasteiger charge is -2.33. The fraction of sp³-hybridized carbons (Fsp3) is 0.500. The summed E-state index contributed by atoms with van der Waals surface area (Å²) < 4.78 is 5.74. The topological polar surface area (TPSA) is 64.0 Å². The largest absolute Gasteiger partial charge is 0.476 e. The molecule has 2 aromatic heterocycles. The van der Waals surface area contributed by atoms with Crippen molar-refractivity contribution in [3.8, 4) is 5.88 Å². The molecule has 0 bridgehead atoms. The van der Waals surface area contributed by atoms with E-state index in [0.29, 0.717) is 18.4 Å². The Kier molecular flexibility index (Phi) is 4.46. The molecule has 0 N–H and O–H groups in total. The zero-order chi connectivity index (χ0) is 15.4. The van der Waals surface area contributed by atoms with Gasteiger partial charge in [-0.05, 0) is 26.7 Å². The summed E-state index contributed by atoms with van der Waals surface area (Å²) in [7, 11) is 0. The van der Waals surface area contributed by atoms with Crippen molar-refractivity contribution in [2.75, 3.05) is 24.6 Å². The third kappa shape index (κ3) is 3.69. The van der Waals surface area contributed by atoms with E-state index in [9.17, 15) is 0 Å². The van der Waals surface area contributed by atoms with Gasteiger partial charge in [-0.3, -0.25) is 4.98 Å². The number of rotatable bonds is 4. The van der Waals surface area contributed by atoms with Crippen molar-refractivity contribution in [2.24, 2.45) is 5.92 Å². The quantitative estimate of drug-likeness (QED) is 0.862. The van der Waals surface area contributed by atoms with Gasteiger partial charge in [0.25, 0.3) is 0 Å². The highest BCUT2D eigenvalue weighted by Crippen LogP contribution is 2.22. The van der Waals surface area contributed by atoms with E-state index in [4.69, 9.17) is 4.74 Å². The molecule has 1 saturated heterocycles. The van der Waals surface area contributed by atoms with E-state index in [1.165, 1.54) is 6.42 Å². The molecule has 0 spiro atoms. The number of anilines is 1. The predicted molar refractivity (Wildman–Crippen MR) is 84.0 cm³/mol. The number of piperidine rings is 1. The first-order valence-corrected chi connectivity index (χ1v) is 7.67. The van der Waals surface area contributed by atoms with Gasteiger partial charge in [0.2, 0.25) is 5.88 Å². The second kappa shape index (κ2) is 6.68. The van der Waals surface area contributed by atoms with Crippen LogP contribution in [-0.4, -0.2) is 39.6 Å². The van der Waals surface area contributed by atoms with Gasteiger partial charge in [-0.25, -0.2) is 15.0 Å². The summed E-state index contributed by atoms with van der Waals surface area (Å²) in [6, 6.07) is 2.05. The first kappa shape index (κ1) is 14.7. The lowest BCUT2D eigenvalue weighted by Crippen LogP contribution is -2.38. The fourth-order valence-corrected chi connectivity index (χ4v) is 2.83. The number of hydrogen-bond donors (Lipinski definition) is 0. The summed E-state index contributed by atoms with van der Waals surface area (Å²) in [5.74, 6) is 2.92. The highest BCUT2D eigenvalue weighted by atomic mass is 16.5. The molecule has 2 aromatic rings. The molecule has 3 rings (SSSR count). The zero-order valence-corrected chi connectivity index (χ0v) is 13.1. The van der Waals surface area contributed by atoms with Crippen LogP contribution in [0.15, 0.2) is 24.7 Å². The second-order valence-corrected chi connectivity index (χ2v) is 5.72. The monoisotopic (exact) mass is 299 g/mol. The van der Waals surface area contributed by atoms with Crippen molar-refractivity contribution in [1.29, 1.82) is 0 Å². The minimum Gasteiger partial charge on any atom is -0.476 e. The first-order valence-electron chi connectivity index (χ1n) is 7.67. The molecule has 22 heavy (non-hydrogen) atoms. The first-order chi connectivity index (χ1) is 10.7. The van der Waals surface area contributed by atoms with Crippen LogP contribution in [0.4, 0.5) is 5.82 Å².